The molecule has 74 valence electrons. The third kappa shape index (κ3) is 3.10. The molecule has 2 nitrogen and oxygen atoms in total. The van der Waals surface area contributed by atoms with E-state index in [0.29, 0.717) is 6.04 Å². The lowest BCUT2D eigenvalue weighted by atomic mass is 10.2. The van der Waals surface area contributed by atoms with Crippen LogP contribution in [0.5, 0.6) is 0 Å². The van der Waals surface area contributed by atoms with Gasteiger partial charge in [0.05, 0.1) is 0 Å². The van der Waals surface area contributed by atoms with Gasteiger partial charge in [0.1, 0.15) is 0 Å². The summed E-state index contributed by atoms with van der Waals surface area (Å²) in [7, 11) is 2.12. The standard InChI is InChI=1S/C10H18N2S/c1-8(11)7-12(3)9(2)10-5-4-6-13-10/h4-6,8-9H,7,11H2,1-3H3. The largest absolute Gasteiger partial charge is 0.327 e. The first-order chi connectivity index (χ1) is 6.11. The molecule has 0 aromatic carbocycles. The van der Waals surface area contributed by atoms with Crippen LogP contribution in [0.4, 0.5) is 0 Å². The first kappa shape index (κ1) is 10.7. The van der Waals surface area contributed by atoms with E-state index in [4.69, 9.17) is 5.73 Å². The maximum Gasteiger partial charge on any atom is 0.0410 e. The van der Waals surface area contributed by atoms with E-state index >= 15 is 0 Å². The van der Waals surface area contributed by atoms with E-state index < -0.39 is 0 Å². The Balaban J connectivity index is 2.52. The normalized spacial score (nSPS) is 16.1. The predicted octanol–water partition coefficient (Wildman–Crippen LogP) is 2.09. The molecule has 0 aliphatic carbocycles. The summed E-state index contributed by atoms with van der Waals surface area (Å²) in [6.07, 6.45) is 0. The minimum atomic E-state index is 0.243. The van der Waals surface area contributed by atoms with Crippen LogP contribution in [0.1, 0.15) is 24.8 Å². The van der Waals surface area contributed by atoms with Crippen molar-refractivity contribution >= 4 is 11.3 Å². The van der Waals surface area contributed by atoms with Crippen molar-refractivity contribution in [3.63, 3.8) is 0 Å². The molecule has 2 unspecified atom stereocenters. The molecule has 0 aliphatic heterocycles. The molecule has 0 spiro atoms. The Hall–Kier alpha value is -0.380. The third-order valence-electron chi connectivity index (χ3n) is 2.19. The third-order valence-corrected chi connectivity index (χ3v) is 3.23. The quantitative estimate of drug-likeness (QED) is 0.802. The molecule has 0 amide bonds. The predicted molar refractivity (Wildman–Crippen MR) is 59.0 cm³/mol. The van der Waals surface area contributed by atoms with Crippen LogP contribution in [0.3, 0.4) is 0 Å². The molecular formula is C10H18N2S. The Morgan fingerprint density at radius 2 is 2.23 bits per heavy atom. The van der Waals surface area contributed by atoms with Crippen molar-refractivity contribution in [2.75, 3.05) is 13.6 Å². The minimum Gasteiger partial charge on any atom is -0.327 e. The van der Waals surface area contributed by atoms with Gasteiger partial charge in [-0.15, -0.1) is 11.3 Å². The van der Waals surface area contributed by atoms with Gasteiger partial charge in [0.25, 0.3) is 0 Å². The summed E-state index contributed by atoms with van der Waals surface area (Å²) < 4.78 is 0. The summed E-state index contributed by atoms with van der Waals surface area (Å²) in [4.78, 5) is 3.69. The highest BCUT2D eigenvalue weighted by molar-refractivity contribution is 7.10. The van der Waals surface area contributed by atoms with E-state index in [2.05, 4.69) is 36.4 Å². The Morgan fingerprint density at radius 3 is 2.69 bits per heavy atom. The van der Waals surface area contributed by atoms with Crippen molar-refractivity contribution in [3.05, 3.63) is 22.4 Å². The van der Waals surface area contributed by atoms with Crippen molar-refractivity contribution in [2.45, 2.75) is 25.9 Å². The summed E-state index contributed by atoms with van der Waals surface area (Å²) in [5.74, 6) is 0. The van der Waals surface area contributed by atoms with Gasteiger partial charge < -0.3 is 5.73 Å². The minimum absolute atomic E-state index is 0.243. The molecule has 0 bridgehead atoms. The van der Waals surface area contributed by atoms with Crippen LogP contribution < -0.4 is 5.73 Å². The molecule has 0 saturated carbocycles. The second-order valence-corrected chi connectivity index (χ2v) is 4.59. The van der Waals surface area contributed by atoms with Crippen molar-refractivity contribution in [2.24, 2.45) is 5.73 Å². The Morgan fingerprint density at radius 1 is 1.54 bits per heavy atom. The Kier molecular flexibility index (Phi) is 3.90. The average molecular weight is 198 g/mol. The van der Waals surface area contributed by atoms with Crippen LogP contribution in [0.15, 0.2) is 17.5 Å². The van der Waals surface area contributed by atoms with Gasteiger partial charge in [0, 0.05) is 23.5 Å². The lowest BCUT2D eigenvalue weighted by molar-refractivity contribution is 0.253. The van der Waals surface area contributed by atoms with E-state index in [-0.39, 0.29) is 6.04 Å². The molecule has 0 aliphatic rings. The molecule has 0 saturated heterocycles. The smallest absolute Gasteiger partial charge is 0.0410 e. The first-order valence-electron chi connectivity index (χ1n) is 4.60. The number of hydrogen-bond donors (Lipinski definition) is 1. The van der Waals surface area contributed by atoms with E-state index in [1.807, 2.05) is 6.92 Å². The van der Waals surface area contributed by atoms with Crippen LogP contribution in [0.2, 0.25) is 0 Å². The molecule has 1 heterocycles. The van der Waals surface area contributed by atoms with Crippen molar-refractivity contribution in [3.8, 4) is 0 Å². The molecule has 1 rings (SSSR count). The molecule has 13 heavy (non-hydrogen) atoms. The number of hydrogen-bond acceptors (Lipinski definition) is 3. The van der Waals surface area contributed by atoms with Gasteiger partial charge in [0.15, 0.2) is 0 Å². The van der Waals surface area contributed by atoms with Crippen LogP contribution >= 0.6 is 11.3 Å². The summed E-state index contributed by atoms with van der Waals surface area (Å²) in [6.45, 7) is 5.20. The van der Waals surface area contributed by atoms with E-state index in [1.54, 1.807) is 11.3 Å². The van der Waals surface area contributed by atoms with E-state index in [1.165, 1.54) is 4.88 Å². The second-order valence-electron chi connectivity index (χ2n) is 3.61. The number of nitrogens with zero attached hydrogens (tertiary/aromatic N) is 1. The maximum atomic E-state index is 5.75. The average Bonchev–Trinajstić information content (AvgIpc) is 2.53. The van der Waals surface area contributed by atoms with Crippen LogP contribution in [-0.2, 0) is 0 Å². The second kappa shape index (κ2) is 4.74. The zero-order valence-electron chi connectivity index (χ0n) is 8.53. The van der Waals surface area contributed by atoms with Gasteiger partial charge in [0.2, 0.25) is 0 Å². The maximum absolute atomic E-state index is 5.75. The topological polar surface area (TPSA) is 29.3 Å². The lowest BCUT2D eigenvalue weighted by Gasteiger charge is -2.25. The molecule has 3 heteroatoms. The fourth-order valence-electron chi connectivity index (χ4n) is 1.36. The zero-order valence-corrected chi connectivity index (χ0v) is 9.34. The number of thiophene rings is 1. The van der Waals surface area contributed by atoms with Crippen LogP contribution in [-0.4, -0.2) is 24.5 Å². The van der Waals surface area contributed by atoms with E-state index in [0.717, 1.165) is 6.54 Å². The summed E-state index contributed by atoms with van der Waals surface area (Å²) >= 11 is 1.80. The first-order valence-corrected chi connectivity index (χ1v) is 5.48. The number of rotatable bonds is 4. The highest BCUT2D eigenvalue weighted by atomic mass is 32.1. The van der Waals surface area contributed by atoms with Gasteiger partial charge >= 0.3 is 0 Å². The van der Waals surface area contributed by atoms with Crippen molar-refractivity contribution in [1.29, 1.82) is 0 Å². The molecule has 1 aromatic heterocycles. The van der Waals surface area contributed by atoms with Crippen LogP contribution in [0, 0.1) is 0 Å². The van der Waals surface area contributed by atoms with Crippen molar-refractivity contribution in [1.82, 2.24) is 4.90 Å². The zero-order chi connectivity index (χ0) is 9.84. The molecule has 2 atom stereocenters. The molecule has 0 fully saturated rings. The van der Waals surface area contributed by atoms with Gasteiger partial charge in [-0.1, -0.05) is 6.07 Å². The number of nitrogens with two attached hydrogens (primary N) is 1. The van der Waals surface area contributed by atoms with Gasteiger partial charge in [-0.3, -0.25) is 4.90 Å². The molecule has 2 N–H and O–H groups in total. The van der Waals surface area contributed by atoms with Crippen LogP contribution in [0.25, 0.3) is 0 Å². The fourth-order valence-corrected chi connectivity index (χ4v) is 2.21. The number of likely N-dealkylation sites (N-methyl/N-ethyl adjacent to an activating group) is 1. The summed E-state index contributed by atoms with van der Waals surface area (Å²) in [5, 5.41) is 2.12. The SMILES string of the molecule is CC(N)CN(C)C(C)c1cccs1. The summed E-state index contributed by atoms with van der Waals surface area (Å²) in [6, 6.07) is 4.99. The Bertz CT molecular complexity index is 231. The molecule has 1 aromatic rings. The Labute approximate surface area is 84.4 Å². The fraction of sp³-hybridized carbons (Fsp3) is 0.600. The van der Waals surface area contributed by atoms with E-state index in [9.17, 15) is 0 Å². The molecular weight excluding hydrogens is 180 g/mol. The van der Waals surface area contributed by atoms with Crippen molar-refractivity contribution < 1.29 is 0 Å². The monoisotopic (exact) mass is 198 g/mol. The van der Waals surface area contributed by atoms with Gasteiger partial charge in [-0.25, -0.2) is 0 Å². The van der Waals surface area contributed by atoms with Gasteiger partial charge in [-0.05, 0) is 32.3 Å². The molecule has 0 radical (unpaired) electrons. The summed E-state index contributed by atoms with van der Waals surface area (Å²) in [5.41, 5.74) is 5.75. The highest BCUT2D eigenvalue weighted by Gasteiger charge is 2.12. The van der Waals surface area contributed by atoms with Gasteiger partial charge in [-0.2, -0.15) is 0 Å². The highest BCUT2D eigenvalue weighted by Crippen LogP contribution is 2.22. The lowest BCUT2D eigenvalue weighted by Crippen LogP contribution is -2.34.